The normalized spacial score (nSPS) is 16.1. The molecule has 0 atom stereocenters. The first-order chi connectivity index (χ1) is 10.2. The van der Waals surface area contributed by atoms with E-state index in [4.69, 9.17) is 11.6 Å². The van der Waals surface area contributed by atoms with Gasteiger partial charge in [-0.1, -0.05) is 37.8 Å². The lowest BCUT2D eigenvalue weighted by atomic mass is 9.89. The summed E-state index contributed by atoms with van der Waals surface area (Å²) < 4.78 is 0. The molecule has 2 nitrogen and oxygen atoms in total. The third-order valence-corrected chi connectivity index (χ3v) is 4.69. The second kappa shape index (κ2) is 8.65. The van der Waals surface area contributed by atoms with Crippen molar-refractivity contribution in [2.24, 2.45) is 5.92 Å². The number of benzene rings is 1. The second-order valence-electron chi connectivity index (χ2n) is 6.33. The molecule has 0 saturated heterocycles. The Kier molecular flexibility index (Phi) is 6.85. The van der Waals surface area contributed by atoms with Crippen molar-refractivity contribution in [2.45, 2.75) is 52.0 Å². The second-order valence-corrected chi connectivity index (χ2v) is 6.77. The zero-order valence-electron chi connectivity index (χ0n) is 13.5. The largest absolute Gasteiger partial charge is 0.374 e. The molecule has 2 rings (SSSR count). The summed E-state index contributed by atoms with van der Waals surface area (Å²) in [5.41, 5.74) is 2.64. The summed E-state index contributed by atoms with van der Waals surface area (Å²) >= 11 is 6.18. The number of nitrogens with one attached hydrogen (secondary N) is 1. The molecule has 0 unspecified atom stereocenters. The van der Waals surface area contributed by atoms with Crippen LogP contribution in [0.5, 0.6) is 0 Å². The van der Waals surface area contributed by atoms with Crippen molar-refractivity contribution in [3.8, 4) is 0 Å². The molecule has 1 aliphatic rings. The highest BCUT2D eigenvalue weighted by atomic mass is 35.5. The predicted molar refractivity (Wildman–Crippen MR) is 93.3 cm³/mol. The van der Waals surface area contributed by atoms with Gasteiger partial charge in [-0.2, -0.15) is 0 Å². The Morgan fingerprint density at radius 2 is 2.00 bits per heavy atom. The van der Waals surface area contributed by atoms with Gasteiger partial charge in [-0.15, -0.1) is 0 Å². The number of hydrogen-bond acceptors (Lipinski definition) is 2. The van der Waals surface area contributed by atoms with Crippen LogP contribution in [0, 0.1) is 5.92 Å². The molecular weight excluding hydrogens is 280 g/mol. The van der Waals surface area contributed by atoms with Crippen LogP contribution in [0.1, 0.15) is 51.0 Å². The fourth-order valence-corrected chi connectivity index (χ4v) is 3.52. The molecule has 0 spiro atoms. The van der Waals surface area contributed by atoms with Crippen LogP contribution in [0.4, 0.5) is 5.69 Å². The predicted octanol–water partition coefficient (Wildman–Crippen LogP) is 4.86. The first-order valence-corrected chi connectivity index (χ1v) is 8.78. The monoisotopic (exact) mass is 308 g/mol. The Labute approximate surface area is 134 Å². The van der Waals surface area contributed by atoms with Gasteiger partial charge in [0, 0.05) is 30.8 Å². The fraction of sp³-hybridized carbons (Fsp3) is 0.667. The van der Waals surface area contributed by atoms with Crippen LogP contribution in [0.3, 0.4) is 0 Å². The Hall–Kier alpha value is -0.730. The van der Waals surface area contributed by atoms with Crippen LogP contribution in [0.25, 0.3) is 0 Å². The van der Waals surface area contributed by atoms with E-state index in [1.54, 1.807) is 0 Å². The summed E-state index contributed by atoms with van der Waals surface area (Å²) in [4.78, 5) is 2.43. The first-order valence-electron chi connectivity index (χ1n) is 8.41. The van der Waals surface area contributed by atoms with E-state index in [9.17, 15) is 0 Å². The molecule has 21 heavy (non-hydrogen) atoms. The van der Waals surface area contributed by atoms with E-state index >= 15 is 0 Å². The molecule has 1 aromatic rings. The van der Waals surface area contributed by atoms with Gasteiger partial charge >= 0.3 is 0 Å². The van der Waals surface area contributed by atoms with Crippen molar-refractivity contribution in [2.75, 3.05) is 25.0 Å². The Morgan fingerprint density at radius 3 is 2.71 bits per heavy atom. The Bertz CT molecular complexity index is 427. The van der Waals surface area contributed by atoms with E-state index in [-0.39, 0.29) is 0 Å². The highest BCUT2D eigenvalue weighted by Gasteiger charge is 2.17. The molecule has 118 valence electrons. The highest BCUT2D eigenvalue weighted by molar-refractivity contribution is 6.30. The SMILES string of the molecule is CCCNCc1cc(Cl)ccc1N(C)CC1CCCCC1. The minimum absolute atomic E-state index is 0.832. The van der Waals surface area contributed by atoms with Crippen molar-refractivity contribution >= 4 is 17.3 Å². The van der Waals surface area contributed by atoms with Gasteiger partial charge in [0.15, 0.2) is 0 Å². The van der Waals surface area contributed by atoms with Gasteiger partial charge in [-0.25, -0.2) is 0 Å². The molecule has 0 amide bonds. The molecule has 1 aliphatic carbocycles. The Balaban J connectivity index is 2.01. The number of hydrogen-bond donors (Lipinski definition) is 1. The minimum atomic E-state index is 0.832. The lowest BCUT2D eigenvalue weighted by Crippen LogP contribution is -2.28. The van der Waals surface area contributed by atoms with Crippen LogP contribution < -0.4 is 10.2 Å². The maximum absolute atomic E-state index is 6.18. The van der Waals surface area contributed by atoms with E-state index in [1.165, 1.54) is 49.9 Å². The summed E-state index contributed by atoms with van der Waals surface area (Å²) in [5, 5.41) is 4.32. The highest BCUT2D eigenvalue weighted by Crippen LogP contribution is 2.28. The van der Waals surface area contributed by atoms with Crippen LogP contribution >= 0.6 is 11.6 Å². The molecule has 3 heteroatoms. The van der Waals surface area contributed by atoms with E-state index in [1.807, 2.05) is 6.07 Å². The third-order valence-electron chi connectivity index (χ3n) is 4.45. The standard InChI is InChI=1S/C18H29ClN2/c1-3-11-20-13-16-12-17(19)9-10-18(16)21(2)14-15-7-5-4-6-8-15/h9-10,12,15,20H,3-8,11,13-14H2,1-2H3. The molecular formula is C18H29ClN2. The zero-order valence-corrected chi connectivity index (χ0v) is 14.3. The summed E-state index contributed by atoms with van der Waals surface area (Å²) in [6.45, 7) is 5.32. The smallest absolute Gasteiger partial charge is 0.0410 e. The number of nitrogens with zero attached hydrogens (tertiary/aromatic N) is 1. The average Bonchev–Trinajstić information content (AvgIpc) is 2.48. The quantitative estimate of drug-likeness (QED) is 0.724. The van der Waals surface area contributed by atoms with E-state index < -0.39 is 0 Å². The topological polar surface area (TPSA) is 15.3 Å². The van der Waals surface area contributed by atoms with Crippen LogP contribution in [-0.2, 0) is 6.54 Å². The van der Waals surface area contributed by atoms with Crippen molar-refractivity contribution in [3.63, 3.8) is 0 Å². The number of rotatable bonds is 7. The van der Waals surface area contributed by atoms with Gasteiger partial charge in [0.2, 0.25) is 0 Å². The van der Waals surface area contributed by atoms with Gasteiger partial charge in [-0.3, -0.25) is 0 Å². The third kappa shape index (κ3) is 5.19. The van der Waals surface area contributed by atoms with Crippen molar-refractivity contribution in [3.05, 3.63) is 28.8 Å². The Morgan fingerprint density at radius 1 is 1.24 bits per heavy atom. The van der Waals surface area contributed by atoms with Crippen molar-refractivity contribution < 1.29 is 0 Å². The van der Waals surface area contributed by atoms with Gasteiger partial charge < -0.3 is 10.2 Å². The van der Waals surface area contributed by atoms with Gasteiger partial charge in [0.1, 0.15) is 0 Å². The van der Waals surface area contributed by atoms with Crippen molar-refractivity contribution in [1.82, 2.24) is 5.32 Å². The van der Waals surface area contributed by atoms with E-state index in [0.29, 0.717) is 0 Å². The van der Waals surface area contributed by atoms with Crippen LogP contribution in [-0.4, -0.2) is 20.1 Å². The summed E-state index contributed by atoms with van der Waals surface area (Å²) in [6.07, 6.45) is 8.18. The summed E-state index contributed by atoms with van der Waals surface area (Å²) in [6, 6.07) is 6.29. The van der Waals surface area contributed by atoms with E-state index in [0.717, 1.165) is 30.5 Å². The summed E-state index contributed by atoms with van der Waals surface area (Å²) in [5.74, 6) is 0.857. The molecule has 0 bridgehead atoms. The minimum Gasteiger partial charge on any atom is -0.374 e. The molecule has 0 radical (unpaired) electrons. The van der Waals surface area contributed by atoms with Gasteiger partial charge in [-0.05, 0) is 55.5 Å². The number of halogens is 1. The van der Waals surface area contributed by atoms with Gasteiger partial charge in [0.25, 0.3) is 0 Å². The lowest BCUT2D eigenvalue weighted by molar-refractivity contribution is 0.362. The van der Waals surface area contributed by atoms with Gasteiger partial charge in [0.05, 0.1) is 0 Å². The summed E-state index contributed by atoms with van der Waals surface area (Å²) in [7, 11) is 2.22. The molecule has 0 heterocycles. The lowest BCUT2D eigenvalue weighted by Gasteiger charge is -2.30. The molecule has 0 aliphatic heterocycles. The van der Waals surface area contributed by atoms with Crippen molar-refractivity contribution in [1.29, 1.82) is 0 Å². The average molecular weight is 309 g/mol. The first kappa shape index (κ1) is 16.6. The number of anilines is 1. The van der Waals surface area contributed by atoms with Crippen LogP contribution in [0.15, 0.2) is 18.2 Å². The molecule has 1 aromatic carbocycles. The van der Waals surface area contributed by atoms with E-state index in [2.05, 4.69) is 36.3 Å². The molecule has 0 aromatic heterocycles. The molecule has 1 N–H and O–H groups in total. The molecule has 1 fully saturated rings. The maximum Gasteiger partial charge on any atom is 0.0410 e. The maximum atomic E-state index is 6.18. The zero-order chi connectivity index (χ0) is 15.1. The fourth-order valence-electron chi connectivity index (χ4n) is 3.32. The molecule has 1 saturated carbocycles. The van der Waals surface area contributed by atoms with Crippen LogP contribution in [0.2, 0.25) is 5.02 Å².